The number of rotatable bonds is 8. The molecular weight excluding hydrogens is 352 g/mol. The Morgan fingerprint density at radius 3 is 2.52 bits per heavy atom. The van der Waals surface area contributed by atoms with Crippen LogP contribution in [0.1, 0.15) is 25.3 Å². The highest BCUT2D eigenvalue weighted by atomic mass is 16.5. The van der Waals surface area contributed by atoms with Gasteiger partial charge in [0.25, 0.3) is 0 Å². The Morgan fingerprint density at radius 2 is 1.89 bits per heavy atom. The molecule has 0 saturated heterocycles. The number of carbonyl (C=O) groups is 3. The zero-order valence-corrected chi connectivity index (χ0v) is 15.6. The molecule has 0 bridgehead atoms. The Bertz CT molecular complexity index is 661. The molecule has 8 heteroatoms. The number of carbonyl (C=O) groups excluding carboxylic acids is 3. The number of ether oxygens (including phenoxy) is 2. The maximum Gasteiger partial charge on any atom is 0.325 e. The van der Waals surface area contributed by atoms with Gasteiger partial charge in [0.15, 0.2) is 0 Å². The molecule has 0 heterocycles. The van der Waals surface area contributed by atoms with Gasteiger partial charge in [-0.25, -0.2) is 0 Å². The molecule has 0 unspecified atom stereocenters. The van der Waals surface area contributed by atoms with Gasteiger partial charge in [-0.1, -0.05) is 12.1 Å². The van der Waals surface area contributed by atoms with Crippen molar-refractivity contribution in [3.05, 3.63) is 29.8 Å². The molecule has 3 N–H and O–H groups in total. The molecule has 0 radical (unpaired) electrons. The Hall–Kier alpha value is -2.61. The summed E-state index contributed by atoms with van der Waals surface area (Å²) < 4.78 is 9.83. The van der Waals surface area contributed by atoms with Gasteiger partial charge >= 0.3 is 5.97 Å². The van der Waals surface area contributed by atoms with Crippen LogP contribution in [0.15, 0.2) is 24.3 Å². The molecule has 1 aromatic carbocycles. The van der Waals surface area contributed by atoms with Gasteiger partial charge in [-0.15, -0.1) is 0 Å². The molecule has 2 amide bonds. The van der Waals surface area contributed by atoms with Crippen molar-refractivity contribution >= 4 is 17.8 Å². The lowest BCUT2D eigenvalue weighted by Crippen LogP contribution is -2.41. The van der Waals surface area contributed by atoms with Crippen LogP contribution < -0.4 is 15.4 Å². The van der Waals surface area contributed by atoms with Crippen molar-refractivity contribution in [1.82, 2.24) is 10.6 Å². The number of benzene rings is 1. The van der Waals surface area contributed by atoms with Crippen LogP contribution in [0.3, 0.4) is 0 Å². The number of amides is 2. The Morgan fingerprint density at radius 1 is 1.19 bits per heavy atom. The first-order chi connectivity index (χ1) is 12.9. The van der Waals surface area contributed by atoms with Gasteiger partial charge in [0.05, 0.1) is 32.3 Å². The van der Waals surface area contributed by atoms with Gasteiger partial charge in [0, 0.05) is 5.92 Å². The van der Waals surface area contributed by atoms with E-state index in [1.807, 2.05) is 19.1 Å². The van der Waals surface area contributed by atoms with E-state index in [4.69, 9.17) is 4.74 Å². The van der Waals surface area contributed by atoms with Gasteiger partial charge in [-0.05, 0) is 37.5 Å². The van der Waals surface area contributed by atoms with E-state index in [-0.39, 0.29) is 31.2 Å². The van der Waals surface area contributed by atoms with Gasteiger partial charge < -0.3 is 25.2 Å². The van der Waals surface area contributed by atoms with E-state index in [1.54, 1.807) is 12.1 Å². The number of hydrogen-bond donors (Lipinski definition) is 3. The SMILES string of the molecule is CCOc1ccc(CC(=O)N[C@@H]2C[C@H](C(=O)NCC(=O)OC)C[C@H]2O)cc1. The highest BCUT2D eigenvalue weighted by molar-refractivity contribution is 5.84. The summed E-state index contributed by atoms with van der Waals surface area (Å²) in [5.74, 6) is -0.808. The van der Waals surface area contributed by atoms with Gasteiger partial charge in [-0.2, -0.15) is 0 Å². The standard InChI is InChI=1S/C19H26N2O6/c1-3-27-14-6-4-12(5-7-14)8-17(23)21-15-9-13(10-16(15)22)19(25)20-11-18(24)26-2/h4-7,13,15-16,22H,3,8-11H2,1-2H3,(H,20,25)(H,21,23)/t13-,15+,16+/m0/s1. The normalized spacial score (nSPS) is 21.4. The lowest BCUT2D eigenvalue weighted by Gasteiger charge is -2.16. The quantitative estimate of drug-likeness (QED) is 0.556. The average Bonchev–Trinajstić information content (AvgIpc) is 3.01. The van der Waals surface area contributed by atoms with Crippen molar-refractivity contribution in [3.63, 3.8) is 0 Å². The molecule has 1 saturated carbocycles. The van der Waals surface area contributed by atoms with Crippen LogP contribution in [-0.4, -0.2) is 55.3 Å². The van der Waals surface area contributed by atoms with E-state index in [1.165, 1.54) is 7.11 Å². The summed E-state index contributed by atoms with van der Waals surface area (Å²) in [5, 5.41) is 15.4. The van der Waals surface area contributed by atoms with E-state index < -0.39 is 24.0 Å². The molecule has 0 aliphatic heterocycles. The zero-order valence-electron chi connectivity index (χ0n) is 15.6. The van der Waals surface area contributed by atoms with E-state index in [0.29, 0.717) is 13.0 Å². The lowest BCUT2D eigenvalue weighted by molar-refractivity contribution is -0.141. The maximum absolute atomic E-state index is 12.2. The van der Waals surface area contributed by atoms with Crippen molar-refractivity contribution in [2.45, 2.75) is 38.3 Å². The van der Waals surface area contributed by atoms with Crippen LogP contribution in [0, 0.1) is 5.92 Å². The average molecular weight is 378 g/mol. The minimum absolute atomic E-state index is 0.175. The molecule has 27 heavy (non-hydrogen) atoms. The third kappa shape index (κ3) is 6.25. The second-order valence-electron chi connectivity index (χ2n) is 6.46. The van der Waals surface area contributed by atoms with E-state index in [2.05, 4.69) is 15.4 Å². The van der Waals surface area contributed by atoms with Crippen LogP contribution in [-0.2, 0) is 25.5 Å². The summed E-state index contributed by atoms with van der Waals surface area (Å²) in [6.45, 7) is 2.27. The third-order valence-corrected chi connectivity index (χ3v) is 4.48. The van der Waals surface area contributed by atoms with Crippen molar-refractivity contribution in [3.8, 4) is 5.75 Å². The fraction of sp³-hybridized carbons (Fsp3) is 0.526. The van der Waals surface area contributed by atoms with Crippen LogP contribution in [0.5, 0.6) is 5.75 Å². The summed E-state index contributed by atoms with van der Waals surface area (Å²) in [4.78, 5) is 35.4. The van der Waals surface area contributed by atoms with Gasteiger partial charge in [0.1, 0.15) is 12.3 Å². The monoisotopic (exact) mass is 378 g/mol. The molecule has 1 aromatic rings. The van der Waals surface area contributed by atoms with Crippen LogP contribution in [0.2, 0.25) is 0 Å². The Balaban J connectivity index is 1.81. The zero-order chi connectivity index (χ0) is 19.8. The predicted molar refractivity (Wildman–Crippen MR) is 97.0 cm³/mol. The molecule has 148 valence electrons. The molecule has 1 fully saturated rings. The fourth-order valence-electron chi connectivity index (χ4n) is 3.07. The second-order valence-corrected chi connectivity index (χ2v) is 6.46. The van der Waals surface area contributed by atoms with E-state index in [9.17, 15) is 19.5 Å². The number of aliphatic hydroxyl groups excluding tert-OH is 1. The van der Waals surface area contributed by atoms with Crippen molar-refractivity contribution in [2.24, 2.45) is 5.92 Å². The highest BCUT2D eigenvalue weighted by Gasteiger charge is 2.37. The number of hydrogen-bond acceptors (Lipinski definition) is 6. The largest absolute Gasteiger partial charge is 0.494 e. The van der Waals surface area contributed by atoms with Gasteiger partial charge in [-0.3, -0.25) is 14.4 Å². The lowest BCUT2D eigenvalue weighted by atomic mass is 10.1. The number of esters is 1. The van der Waals surface area contributed by atoms with Crippen LogP contribution >= 0.6 is 0 Å². The third-order valence-electron chi connectivity index (χ3n) is 4.48. The predicted octanol–water partition coefficient (Wildman–Crippen LogP) is 0.173. The molecule has 8 nitrogen and oxygen atoms in total. The van der Waals surface area contributed by atoms with Crippen LogP contribution in [0.25, 0.3) is 0 Å². The second kappa shape index (κ2) is 9.91. The van der Waals surface area contributed by atoms with Gasteiger partial charge in [0.2, 0.25) is 11.8 Å². The van der Waals surface area contributed by atoms with Crippen LogP contribution in [0.4, 0.5) is 0 Å². The first-order valence-corrected chi connectivity index (χ1v) is 8.96. The fourth-order valence-corrected chi connectivity index (χ4v) is 3.07. The molecular formula is C19H26N2O6. The minimum atomic E-state index is -0.803. The topological polar surface area (TPSA) is 114 Å². The first kappa shape index (κ1) is 20.7. The maximum atomic E-state index is 12.2. The molecule has 1 aliphatic carbocycles. The summed E-state index contributed by atoms with van der Waals surface area (Å²) in [6, 6.07) is 6.75. The molecule has 3 atom stereocenters. The molecule has 0 aromatic heterocycles. The summed E-state index contributed by atoms with van der Waals surface area (Å²) in [5.41, 5.74) is 0.829. The molecule has 0 spiro atoms. The van der Waals surface area contributed by atoms with Crippen molar-refractivity contribution in [1.29, 1.82) is 0 Å². The van der Waals surface area contributed by atoms with E-state index in [0.717, 1.165) is 11.3 Å². The van der Waals surface area contributed by atoms with E-state index >= 15 is 0 Å². The van der Waals surface area contributed by atoms with Crippen molar-refractivity contribution in [2.75, 3.05) is 20.3 Å². The number of methoxy groups -OCH3 is 1. The summed E-state index contributed by atoms with van der Waals surface area (Å²) >= 11 is 0. The number of aliphatic hydroxyl groups is 1. The Labute approximate surface area is 158 Å². The molecule has 2 rings (SSSR count). The smallest absolute Gasteiger partial charge is 0.325 e. The highest BCUT2D eigenvalue weighted by Crippen LogP contribution is 2.26. The summed E-state index contributed by atoms with van der Waals surface area (Å²) in [7, 11) is 1.24. The molecule has 1 aliphatic rings. The van der Waals surface area contributed by atoms with Crippen molar-refractivity contribution < 1.29 is 29.0 Å². The summed E-state index contributed by atoms with van der Waals surface area (Å²) in [6.07, 6.45) is -0.0675. The number of nitrogens with one attached hydrogen (secondary N) is 2. The first-order valence-electron chi connectivity index (χ1n) is 8.96. The minimum Gasteiger partial charge on any atom is -0.494 e. The Kier molecular flexibility index (Phi) is 7.60.